The zero-order valence-corrected chi connectivity index (χ0v) is 16.5. The van der Waals surface area contributed by atoms with E-state index in [4.69, 9.17) is 9.97 Å². The zero-order valence-electron chi connectivity index (χ0n) is 16.5. The van der Waals surface area contributed by atoms with Gasteiger partial charge in [0, 0.05) is 23.5 Å². The highest BCUT2D eigenvalue weighted by Gasteiger charge is 2.32. The predicted molar refractivity (Wildman–Crippen MR) is 117 cm³/mol. The Morgan fingerprint density at radius 1 is 0.562 bits per heavy atom. The number of benzene rings is 1. The minimum atomic E-state index is 0.361. The molecule has 0 radical (unpaired) electrons. The van der Waals surface area contributed by atoms with Crippen molar-refractivity contribution < 1.29 is 0 Å². The molecular weight excluding hydrogens is 400 g/mol. The molecule has 1 aliphatic carbocycles. The number of hydrogen-bond donors (Lipinski definition) is 0. The van der Waals surface area contributed by atoms with Gasteiger partial charge in [0.2, 0.25) is 12.4 Å². The van der Waals surface area contributed by atoms with Crippen LogP contribution in [-0.4, -0.2) is 31.4 Å². The van der Waals surface area contributed by atoms with Crippen LogP contribution in [0.25, 0.3) is 22.8 Å². The lowest BCUT2D eigenvalue weighted by Gasteiger charge is -2.22. The van der Waals surface area contributed by atoms with Gasteiger partial charge in [-0.15, -0.1) is 0 Å². The second-order valence-electron chi connectivity index (χ2n) is 6.71. The Morgan fingerprint density at radius 2 is 1.00 bits per heavy atom. The van der Waals surface area contributed by atoms with Crippen LogP contribution in [0.3, 0.4) is 0 Å². The first-order chi connectivity index (χ1) is 15.8. The number of hydrogen-bond acceptors (Lipinski definition) is 8. The van der Waals surface area contributed by atoms with E-state index in [0.29, 0.717) is 56.7 Å². The van der Waals surface area contributed by atoms with Gasteiger partial charge in [0.15, 0.2) is 0 Å². The standard InChI is InChI=1S/C24H12N8/c25-13-29-19-15-7-1-2-8-16(15)20(30-14-26)24-23(19)31-21(17-9-3-5-11-27-17)22(32-24)18-10-4-6-12-28-18/h1-12H. The molecule has 0 spiro atoms. The van der Waals surface area contributed by atoms with Gasteiger partial charge in [-0.3, -0.25) is 9.97 Å². The van der Waals surface area contributed by atoms with Crippen LogP contribution in [0.15, 0.2) is 83.0 Å². The lowest BCUT2D eigenvalue weighted by Crippen LogP contribution is -2.26. The van der Waals surface area contributed by atoms with Gasteiger partial charge in [-0.05, 0) is 24.3 Å². The van der Waals surface area contributed by atoms with E-state index >= 15 is 0 Å². The minimum absolute atomic E-state index is 0.361. The molecule has 8 nitrogen and oxygen atoms in total. The van der Waals surface area contributed by atoms with Gasteiger partial charge in [0.1, 0.15) is 34.2 Å². The maximum absolute atomic E-state index is 9.37. The molecule has 0 saturated carbocycles. The molecular formula is C24H12N8. The van der Waals surface area contributed by atoms with Crippen LogP contribution in [0.2, 0.25) is 0 Å². The highest BCUT2D eigenvalue weighted by atomic mass is 14.9. The lowest BCUT2D eigenvalue weighted by molar-refractivity contribution is 1.12. The Balaban J connectivity index is 1.90. The largest absolute Gasteiger partial charge is 0.255 e. The molecule has 0 fully saturated rings. The molecule has 0 N–H and O–H groups in total. The molecule has 5 rings (SSSR count). The van der Waals surface area contributed by atoms with Crippen LogP contribution in [0.4, 0.5) is 0 Å². The van der Waals surface area contributed by atoms with E-state index in [1.807, 2.05) is 73.0 Å². The Hall–Kier alpha value is -5.08. The van der Waals surface area contributed by atoms with Crippen LogP contribution < -0.4 is 0 Å². The van der Waals surface area contributed by atoms with Gasteiger partial charge < -0.3 is 0 Å². The molecule has 0 saturated heterocycles. The van der Waals surface area contributed by atoms with Gasteiger partial charge in [-0.25, -0.2) is 9.97 Å². The molecule has 3 heterocycles. The quantitative estimate of drug-likeness (QED) is 0.408. The number of fused-ring (bicyclic) bond motifs is 2. The van der Waals surface area contributed by atoms with Crippen LogP contribution in [-0.2, 0) is 0 Å². The Morgan fingerprint density at radius 3 is 1.38 bits per heavy atom. The van der Waals surface area contributed by atoms with Crippen molar-refractivity contribution in [2.24, 2.45) is 9.98 Å². The molecule has 3 aromatic heterocycles. The molecule has 32 heavy (non-hydrogen) atoms. The summed E-state index contributed by atoms with van der Waals surface area (Å²) < 4.78 is 0. The van der Waals surface area contributed by atoms with E-state index in [9.17, 15) is 10.5 Å². The third kappa shape index (κ3) is 3.09. The topological polar surface area (TPSA) is 124 Å². The number of aliphatic imine (C=N–C) groups is 2. The normalized spacial score (nSPS) is 14.3. The second kappa shape index (κ2) is 7.98. The maximum atomic E-state index is 9.37. The fraction of sp³-hybridized carbons (Fsp3) is 0. The SMILES string of the molecule is N#CN=C1c2ccccc2C(=NC#N)c2nc(-c3ccccn3)c(-c3ccccn3)nc21. The lowest BCUT2D eigenvalue weighted by atomic mass is 9.88. The molecule has 8 heteroatoms. The summed E-state index contributed by atoms with van der Waals surface area (Å²) in [6, 6.07) is 18.3. The summed E-state index contributed by atoms with van der Waals surface area (Å²) in [6.45, 7) is 0. The highest BCUT2D eigenvalue weighted by Crippen LogP contribution is 2.33. The molecule has 4 aromatic rings. The summed E-state index contributed by atoms with van der Waals surface area (Å²) in [4.78, 5) is 26.7. The van der Waals surface area contributed by atoms with Crippen molar-refractivity contribution in [3.05, 3.63) is 95.6 Å². The summed E-state index contributed by atoms with van der Waals surface area (Å²) in [5.41, 5.74) is 4.94. The van der Waals surface area contributed by atoms with Crippen molar-refractivity contribution in [2.75, 3.05) is 0 Å². The first-order valence-corrected chi connectivity index (χ1v) is 9.60. The van der Waals surface area contributed by atoms with Crippen molar-refractivity contribution in [3.63, 3.8) is 0 Å². The van der Waals surface area contributed by atoms with Gasteiger partial charge >= 0.3 is 0 Å². The van der Waals surface area contributed by atoms with Crippen molar-refractivity contribution >= 4 is 11.4 Å². The first-order valence-electron chi connectivity index (χ1n) is 9.60. The average Bonchev–Trinajstić information content (AvgIpc) is 2.86. The van der Waals surface area contributed by atoms with Crippen molar-refractivity contribution in [1.29, 1.82) is 10.5 Å². The van der Waals surface area contributed by atoms with E-state index in [0.717, 1.165) is 0 Å². The summed E-state index contributed by atoms with van der Waals surface area (Å²) in [5, 5.41) is 18.7. The Kier molecular flexibility index (Phi) is 4.72. The van der Waals surface area contributed by atoms with E-state index in [-0.39, 0.29) is 0 Å². The van der Waals surface area contributed by atoms with Gasteiger partial charge in [0.05, 0.1) is 11.4 Å². The second-order valence-corrected chi connectivity index (χ2v) is 6.71. The molecule has 1 aliphatic rings. The van der Waals surface area contributed by atoms with Crippen LogP contribution >= 0.6 is 0 Å². The molecule has 1 aromatic carbocycles. The fourth-order valence-corrected chi connectivity index (χ4v) is 3.61. The van der Waals surface area contributed by atoms with Crippen LogP contribution in [0.1, 0.15) is 22.5 Å². The van der Waals surface area contributed by atoms with Crippen LogP contribution in [0, 0.1) is 22.9 Å². The average molecular weight is 412 g/mol. The van der Waals surface area contributed by atoms with Gasteiger partial charge in [-0.1, -0.05) is 36.4 Å². The van der Waals surface area contributed by atoms with E-state index < -0.39 is 0 Å². The number of aromatic nitrogens is 4. The van der Waals surface area contributed by atoms with Crippen molar-refractivity contribution in [3.8, 4) is 35.2 Å². The number of pyridine rings is 2. The zero-order chi connectivity index (χ0) is 21.9. The monoisotopic (exact) mass is 412 g/mol. The molecule has 148 valence electrons. The van der Waals surface area contributed by atoms with E-state index in [1.54, 1.807) is 12.4 Å². The third-order valence-corrected chi connectivity index (χ3v) is 4.92. The van der Waals surface area contributed by atoms with Gasteiger partial charge in [0.25, 0.3) is 0 Å². The highest BCUT2D eigenvalue weighted by molar-refractivity contribution is 6.30. The molecule has 0 aliphatic heterocycles. The van der Waals surface area contributed by atoms with Crippen LogP contribution in [0.5, 0.6) is 0 Å². The van der Waals surface area contributed by atoms with Gasteiger partial charge in [-0.2, -0.15) is 20.5 Å². The summed E-state index contributed by atoms with van der Waals surface area (Å²) in [5.74, 6) is 0. The third-order valence-electron chi connectivity index (χ3n) is 4.92. The number of nitrogens with zero attached hydrogens (tertiary/aromatic N) is 8. The molecule has 0 unspecified atom stereocenters. The predicted octanol–water partition coefficient (Wildman–Crippen LogP) is 3.55. The fourth-order valence-electron chi connectivity index (χ4n) is 3.61. The molecule has 0 amide bonds. The maximum Gasteiger partial charge on any atom is 0.206 e. The van der Waals surface area contributed by atoms with E-state index in [1.165, 1.54) is 0 Å². The number of nitriles is 2. The van der Waals surface area contributed by atoms with Crippen molar-refractivity contribution in [1.82, 2.24) is 19.9 Å². The Bertz CT molecular complexity index is 1360. The minimum Gasteiger partial charge on any atom is -0.255 e. The number of rotatable bonds is 2. The summed E-state index contributed by atoms with van der Waals surface area (Å²) in [6.07, 6.45) is 7.05. The van der Waals surface area contributed by atoms with Crippen molar-refractivity contribution in [2.45, 2.75) is 0 Å². The Labute approximate surface area is 183 Å². The summed E-state index contributed by atoms with van der Waals surface area (Å²) >= 11 is 0. The molecule has 0 atom stereocenters. The smallest absolute Gasteiger partial charge is 0.206 e. The molecule has 0 bridgehead atoms. The first kappa shape index (κ1) is 18.9. The van der Waals surface area contributed by atoms with E-state index in [2.05, 4.69) is 20.0 Å². The summed E-state index contributed by atoms with van der Waals surface area (Å²) in [7, 11) is 0.